The van der Waals surface area contributed by atoms with Crippen LogP contribution in [0.4, 0.5) is 0 Å². The van der Waals surface area contributed by atoms with Gasteiger partial charge in [0.15, 0.2) is 0 Å². The van der Waals surface area contributed by atoms with E-state index in [9.17, 15) is 0 Å². The van der Waals surface area contributed by atoms with Crippen LogP contribution in [0, 0.1) is 0 Å². The summed E-state index contributed by atoms with van der Waals surface area (Å²) in [6.45, 7) is 0. The summed E-state index contributed by atoms with van der Waals surface area (Å²) < 4.78 is 0. The smallest absolute Gasteiger partial charge is 0.336 e. The van der Waals surface area contributed by atoms with Gasteiger partial charge in [0, 0.05) is 0 Å². The minimum absolute atomic E-state index is 0.0833. The molecular weight excluding hydrogens is 138 g/mol. The van der Waals surface area contributed by atoms with Crippen molar-refractivity contribution in [3.63, 3.8) is 0 Å². The molecule has 0 saturated carbocycles. The van der Waals surface area contributed by atoms with Crippen LogP contribution in [0.2, 0.25) is 0 Å². The van der Waals surface area contributed by atoms with Crippen molar-refractivity contribution in [2.24, 2.45) is 11.5 Å². The molecule has 9 nitrogen and oxygen atoms in total. The number of hydrogen-bond donors (Lipinski definition) is 3. The second-order valence-corrected chi connectivity index (χ2v) is 0.679. The zero-order valence-electron chi connectivity index (χ0n) is 4.92. The summed E-state index contributed by atoms with van der Waals surface area (Å²) >= 11 is 0. The van der Waals surface area contributed by atoms with Gasteiger partial charge in [0.2, 0.25) is 0 Å². The van der Waals surface area contributed by atoms with Gasteiger partial charge in [-0.1, -0.05) is 0 Å². The van der Waals surface area contributed by atoms with Gasteiger partial charge in [-0.2, -0.15) is 0 Å². The Bertz CT molecular complexity index is 115. The molecule has 0 aliphatic carbocycles. The zero-order valence-corrected chi connectivity index (χ0v) is 4.92. The first kappa shape index (κ1) is 15.7. The summed E-state index contributed by atoms with van der Waals surface area (Å²) in [7, 11) is 0. The monoisotopic (exact) mass is 144 g/mol. The van der Waals surface area contributed by atoms with Crippen molar-refractivity contribution in [1.82, 2.24) is 0 Å². The van der Waals surface area contributed by atoms with Crippen LogP contribution in [0.25, 0.3) is 31.9 Å². The number of hydrogen-bond acceptors (Lipinski definition) is 0. The van der Waals surface area contributed by atoms with E-state index in [1.54, 1.807) is 0 Å². The average molecular weight is 144 g/mol. The molecule has 0 aliphatic rings. The maximum Gasteiger partial charge on any atom is 0.336 e. The molecule has 0 unspecified atom stereocenters. The molecule has 0 bridgehead atoms. The van der Waals surface area contributed by atoms with Gasteiger partial charge >= 0.3 is 5.96 Å². The molecule has 0 heterocycles. The summed E-state index contributed by atoms with van der Waals surface area (Å²) in [5.74, 6) is -0.0833. The molecule has 0 fully saturated rings. The molecule has 6 N–H and O–H groups in total. The average Bonchev–Trinajstić information content (AvgIpc) is 1.65. The molecule has 0 amide bonds. The second-order valence-electron chi connectivity index (χ2n) is 0.679. The van der Waals surface area contributed by atoms with Gasteiger partial charge in [-0.3, -0.25) is 26.7 Å². The Kier molecular flexibility index (Phi) is 44.8. The van der Waals surface area contributed by atoms with E-state index in [0.29, 0.717) is 0 Å². The molecule has 0 aromatic rings. The lowest BCUT2D eigenvalue weighted by Gasteiger charge is -1.59. The fraction of sp³-hybridized carbons (Fsp3) is 0. The molecule has 0 radical (unpaired) electrons. The van der Waals surface area contributed by atoms with Crippen molar-refractivity contribution in [2.75, 3.05) is 0 Å². The van der Waals surface area contributed by atoms with E-state index in [-0.39, 0.29) is 5.96 Å². The minimum Gasteiger partial charge on any atom is -0.373 e. The Hall–Kier alpha value is -2.11. The molecule has 0 rings (SSSR count). The topological polar surface area (TPSA) is 195 Å². The van der Waals surface area contributed by atoms with Crippen molar-refractivity contribution in [2.45, 2.75) is 0 Å². The largest absolute Gasteiger partial charge is 0.373 e. The molecular formula is CH6N9-. The Morgan fingerprint density at radius 3 is 1.00 bits per heavy atom. The molecule has 56 valence electrons. The maximum atomic E-state index is 6.75. The number of guanidine groups is 1. The third kappa shape index (κ3) is 31.6. The van der Waals surface area contributed by atoms with E-state index in [2.05, 4.69) is 16.9 Å². The molecule has 0 spiro atoms. The van der Waals surface area contributed by atoms with Crippen LogP contribution in [-0.2, 0) is 0 Å². The SMILES string of the molecule is NC(N)=[NH2+].[N-]=[N+]=[N-].[N-]=[N+]=[N-]. The van der Waals surface area contributed by atoms with Crippen molar-refractivity contribution in [1.29, 1.82) is 0 Å². The fourth-order valence-corrected chi connectivity index (χ4v) is 0. The Labute approximate surface area is 56.0 Å². The molecule has 0 saturated heterocycles. The van der Waals surface area contributed by atoms with Gasteiger partial charge < -0.3 is 22.1 Å². The highest BCUT2D eigenvalue weighted by molar-refractivity contribution is 5.68. The lowest BCUT2D eigenvalue weighted by Crippen LogP contribution is -2.51. The number of rotatable bonds is 0. The third-order valence-corrected chi connectivity index (χ3v) is 0. The maximum absolute atomic E-state index is 6.75. The van der Waals surface area contributed by atoms with Crippen LogP contribution in [0.3, 0.4) is 0 Å². The Morgan fingerprint density at radius 2 is 1.00 bits per heavy atom. The number of nitrogens with zero attached hydrogens (tertiary/aromatic N) is 6. The van der Waals surface area contributed by atoms with E-state index in [4.69, 9.17) is 22.1 Å². The van der Waals surface area contributed by atoms with Gasteiger partial charge in [-0.15, -0.1) is 0 Å². The molecule has 9 heteroatoms. The van der Waals surface area contributed by atoms with Crippen LogP contribution in [0.1, 0.15) is 0 Å². The highest BCUT2D eigenvalue weighted by atomic mass is 15.0. The zero-order chi connectivity index (χ0) is 8.99. The van der Waals surface area contributed by atoms with E-state index in [0.717, 1.165) is 0 Å². The van der Waals surface area contributed by atoms with E-state index in [1.807, 2.05) is 0 Å². The lowest BCUT2D eigenvalue weighted by molar-refractivity contribution is -0.116. The summed E-state index contributed by atoms with van der Waals surface area (Å²) in [6, 6.07) is 0. The van der Waals surface area contributed by atoms with Crippen molar-refractivity contribution in [3.05, 3.63) is 31.9 Å². The second kappa shape index (κ2) is 28.6. The van der Waals surface area contributed by atoms with Gasteiger partial charge in [-0.05, 0) is 0 Å². The molecule has 0 aliphatic heterocycles. The van der Waals surface area contributed by atoms with E-state index < -0.39 is 0 Å². The standard InChI is InChI=1S/CH5N3.2N3/c2-1(3)4;2*1-3-2/h(H5,2,3,4);;/q;2*-1/p+1. The molecule has 10 heavy (non-hydrogen) atoms. The summed E-state index contributed by atoms with van der Waals surface area (Å²) in [5, 5.41) is 4.58. The fourth-order valence-electron chi connectivity index (χ4n) is 0. The van der Waals surface area contributed by atoms with Crippen LogP contribution < -0.4 is 16.9 Å². The van der Waals surface area contributed by atoms with Gasteiger partial charge in [0.25, 0.3) is 0 Å². The first-order chi connectivity index (χ1) is 4.56. The summed E-state index contributed by atoms with van der Waals surface area (Å²) in [5.41, 5.74) is 36.2. The Balaban J connectivity index is -0.0000000750. The van der Waals surface area contributed by atoms with Crippen LogP contribution in [-0.4, -0.2) is 5.96 Å². The van der Waals surface area contributed by atoms with Gasteiger partial charge in [0.05, 0.1) is 0 Å². The van der Waals surface area contributed by atoms with Crippen molar-refractivity contribution >= 4 is 5.96 Å². The van der Waals surface area contributed by atoms with Crippen LogP contribution in [0.5, 0.6) is 0 Å². The Morgan fingerprint density at radius 1 is 1.00 bits per heavy atom. The highest BCUT2D eigenvalue weighted by Gasteiger charge is 1.64. The lowest BCUT2D eigenvalue weighted by atomic mass is 11.1. The minimum atomic E-state index is -0.0833. The first-order valence-electron chi connectivity index (χ1n) is 1.67. The van der Waals surface area contributed by atoms with E-state index >= 15 is 0 Å². The predicted octanol–water partition coefficient (Wildman–Crippen LogP) is -1.25. The van der Waals surface area contributed by atoms with Crippen molar-refractivity contribution in [3.8, 4) is 0 Å². The van der Waals surface area contributed by atoms with Crippen molar-refractivity contribution < 1.29 is 5.41 Å². The van der Waals surface area contributed by atoms with Gasteiger partial charge in [-0.25, -0.2) is 0 Å². The first-order valence-corrected chi connectivity index (χ1v) is 1.67. The van der Waals surface area contributed by atoms with Crippen LogP contribution in [0.15, 0.2) is 0 Å². The summed E-state index contributed by atoms with van der Waals surface area (Å²) in [4.78, 5) is 3.00. The normalized spacial score (nSPS) is 4.00. The predicted molar refractivity (Wildman–Crippen MR) is 35.5 cm³/mol. The third-order valence-electron chi connectivity index (χ3n) is 0. The van der Waals surface area contributed by atoms with E-state index in [1.165, 1.54) is 9.82 Å². The van der Waals surface area contributed by atoms with Gasteiger partial charge in [0.1, 0.15) is 0 Å². The van der Waals surface area contributed by atoms with Crippen LogP contribution >= 0.6 is 0 Å². The molecule has 0 atom stereocenters. The quantitative estimate of drug-likeness (QED) is 0.126. The molecule has 0 aromatic carbocycles. The molecule has 0 aromatic heterocycles. The highest BCUT2D eigenvalue weighted by Crippen LogP contribution is 1.29. The summed E-state index contributed by atoms with van der Waals surface area (Å²) in [6.07, 6.45) is 0. The number of nitrogens with two attached hydrogens (primary N) is 3.